The first-order valence-electron chi connectivity index (χ1n) is 7.62. The van der Waals surface area contributed by atoms with Gasteiger partial charge in [0.1, 0.15) is 11.4 Å². The summed E-state index contributed by atoms with van der Waals surface area (Å²) in [5.41, 5.74) is 1.22. The number of benzene rings is 1. The maximum absolute atomic E-state index is 12.3. The Morgan fingerprint density at radius 1 is 1.36 bits per heavy atom. The topological polar surface area (TPSA) is 89.7 Å². The summed E-state index contributed by atoms with van der Waals surface area (Å²) in [4.78, 5) is 13.7. The average molecular weight is 364 g/mol. The normalized spacial score (nSPS) is 11.6. The lowest BCUT2D eigenvalue weighted by atomic mass is 10.1. The molecule has 0 atom stereocenters. The number of likely N-dealkylation sites (N-methyl/N-ethyl adjacent to an activating group) is 1. The third kappa shape index (κ3) is 5.18. The van der Waals surface area contributed by atoms with E-state index in [-0.39, 0.29) is 12.3 Å². The van der Waals surface area contributed by atoms with Crippen LogP contribution in [0.4, 0.5) is 0 Å². The molecule has 0 saturated carbocycles. The standard InChI is InChI=1S/C17H20N2O5S/c1-4-23-15-9-6-5-8-13(15)14-12-16(24-18-14)17(20)19(2)10-7-11-25(3,21)22/h5-9,11-12H,4,10H2,1-3H3/b11-7+. The molecule has 0 aliphatic rings. The summed E-state index contributed by atoms with van der Waals surface area (Å²) in [5, 5.41) is 4.99. The third-order valence-corrected chi connectivity index (χ3v) is 3.94. The summed E-state index contributed by atoms with van der Waals surface area (Å²) in [6.45, 7) is 2.53. The fourth-order valence-electron chi connectivity index (χ4n) is 2.11. The maximum atomic E-state index is 12.3. The molecular weight excluding hydrogens is 344 g/mol. The zero-order valence-electron chi connectivity index (χ0n) is 14.3. The van der Waals surface area contributed by atoms with Crippen molar-refractivity contribution >= 4 is 15.7 Å². The van der Waals surface area contributed by atoms with Crippen molar-refractivity contribution in [3.8, 4) is 17.0 Å². The van der Waals surface area contributed by atoms with E-state index in [2.05, 4.69) is 5.16 Å². The molecule has 0 aliphatic heterocycles. The van der Waals surface area contributed by atoms with Gasteiger partial charge in [0.05, 0.1) is 6.61 Å². The summed E-state index contributed by atoms with van der Waals surface area (Å²) < 4.78 is 32.8. The predicted octanol–water partition coefficient (Wildman–Crippen LogP) is 2.37. The minimum atomic E-state index is -3.22. The highest BCUT2D eigenvalue weighted by Crippen LogP contribution is 2.29. The lowest BCUT2D eigenvalue weighted by Gasteiger charge is -2.12. The van der Waals surface area contributed by atoms with Gasteiger partial charge in [0.25, 0.3) is 5.91 Å². The highest BCUT2D eigenvalue weighted by atomic mass is 32.2. The van der Waals surface area contributed by atoms with Crippen LogP contribution < -0.4 is 4.74 Å². The average Bonchev–Trinajstić information content (AvgIpc) is 3.03. The number of carbonyl (C=O) groups excluding carboxylic acids is 1. The van der Waals surface area contributed by atoms with Crippen LogP contribution in [0.1, 0.15) is 17.5 Å². The van der Waals surface area contributed by atoms with Gasteiger partial charge in [-0.15, -0.1) is 0 Å². The molecule has 25 heavy (non-hydrogen) atoms. The number of carbonyl (C=O) groups is 1. The summed E-state index contributed by atoms with van der Waals surface area (Å²) in [5.74, 6) is 0.323. The van der Waals surface area contributed by atoms with Crippen LogP contribution in [0, 0.1) is 0 Å². The fraction of sp³-hybridized carbons (Fsp3) is 0.294. The maximum Gasteiger partial charge on any atom is 0.292 e. The second kappa shape index (κ2) is 7.98. The van der Waals surface area contributed by atoms with Crippen LogP contribution in [0.25, 0.3) is 11.3 Å². The van der Waals surface area contributed by atoms with Crippen molar-refractivity contribution in [3.05, 3.63) is 47.6 Å². The SMILES string of the molecule is CCOc1ccccc1-c1cc(C(=O)N(C)C/C=C/S(C)(=O)=O)on1. The molecule has 134 valence electrons. The number of amides is 1. The van der Waals surface area contributed by atoms with Crippen LogP contribution in [0.3, 0.4) is 0 Å². The highest BCUT2D eigenvalue weighted by molar-refractivity contribution is 7.93. The van der Waals surface area contributed by atoms with Crippen molar-refractivity contribution in [2.24, 2.45) is 0 Å². The predicted molar refractivity (Wildman–Crippen MR) is 94.1 cm³/mol. The van der Waals surface area contributed by atoms with Gasteiger partial charge in [-0.1, -0.05) is 23.4 Å². The molecule has 1 aromatic carbocycles. The van der Waals surface area contributed by atoms with Crippen molar-refractivity contribution in [2.75, 3.05) is 26.5 Å². The van der Waals surface area contributed by atoms with E-state index in [4.69, 9.17) is 9.26 Å². The first-order chi connectivity index (χ1) is 11.8. The van der Waals surface area contributed by atoms with Gasteiger partial charge >= 0.3 is 0 Å². The smallest absolute Gasteiger partial charge is 0.292 e. The Morgan fingerprint density at radius 3 is 2.76 bits per heavy atom. The van der Waals surface area contributed by atoms with Crippen LogP contribution in [-0.4, -0.2) is 50.8 Å². The van der Waals surface area contributed by atoms with Crippen molar-refractivity contribution in [2.45, 2.75) is 6.92 Å². The first-order valence-corrected chi connectivity index (χ1v) is 9.58. The van der Waals surface area contributed by atoms with Crippen molar-refractivity contribution in [3.63, 3.8) is 0 Å². The number of para-hydroxylation sites is 1. The molecule has 8 heteroatoms. The molecule has 1 heterocycles. The number of rotatable bonds is 7. The third-order valence-electron chi connectivity index (χ3n) is 3.25. The van der Waals surface area contributed by atoms with Crippen LogP contribution in [0.2, 0.25) is 0 Å². The molecule has 1 aromatic heterocycles. The molecule has 2 rings (SSSR count). The summed E-state index contributed by atoms with van der Waals surface area (Å²) in [7, 11) is -1.67. The molecule has 0 N–H and O–H groups in total. The van der Waals surface area contributed by atoms with E-state index in [9.17, 15) is 13.2 Å². The first kappa shape index (κ1) is 18.7. The molecular formula is C17H20N2O5S. The van der Waals surface area contributed by atoms with Gasteiger partial charge in [0.2, 0.25) is 5.76 Å². The Labute approximate surface area is 146 Å². The van der Waals surface area contributed by atoms with Crippen LogP contribution in [-0.2, 0) is 9.84 Å². The molecule has 7 nitrogen and oxygen atoms in total. The molecule has 0 aliphatic carbocycles. The number of nitrogens with zero attached hydrogens (tertiary/aromatic N) is 2. The Morgan fingerprint density at radius 2 is 2.08 bits per heavy atom. The fourth-order valence-corrected chi connectivity index (χ4v) is 2.55. The number of aromatic nitrogens is 1. The van der Waals surface area contributed by atoms with Crippen LogP contribution in [0.5, 0.6) is 5.75 Å². The zero-order valence-corrected chi connectivity index (χ0v) is 15.1. The molecule has 0 fully saturated rings. The summed E-state index contributed by atoms with van der Waals surface area (Å²) >= 11 is 0. The molecule has 1 amide bonds. The van der Waals surface area contributed by atoms with Crippen molar-refractivity contribution in [1.82, 2.24) is 10.1 Å². The van der Waals surface area contributed by atoms with E-state index >= 15 is 0 Å². The Kier molecular flexibility index (Phi) is 5.97. The quantitative estimate of drug-likeness (QED) is 0.749. The van der Waals surface area contributed by atoms with Crippen molar-refractivity contribution in [1.29, 1.82) is 0 Å². The Balaban J connectivity index is 2.15. The minimum Gasteiger partial charge on any atom is -0.493 e. The molecule has 0 bridgehead atoms. The second-order valence-corrected chi connectivity index (χ2v) is 7.32. The lowest BCUT2D eigenvalue weighted by molar-refractivity contribution is 0.0769. The van der Waals surface area contributed by atoms with Crippen LogP contribution in [0.15, 0.2) is 46.3 Å². The van der Waals surface area contributed by atoms with Crippen LogP contribution >= 0.6 is 0 Å². The highest BCUT2D eigenvalue weighted by Gasteiger charge is 2.19. The Hall–Kier alpha value is -2.61. The van der Waals surface area contributed by atoms with Gasteiger partial charge < -0.3 is 14.2 Å². The monoisotopic (exact) mass is 364 g/mol. The zero-order chi connectivity index (χ0) is 18.4. The van der Waals surface area contributed by atoms with Crippen molar-refractivity contribution < 1.29 is 22.5 Å². The number of hydrogen-bond acceptors (Lipinski definition) is 6. The number of ether oxygens (including phenoxy) is 1. The van der Waals surface area contributed by atoms with E-state index in [0.717, 1.165) is 17.2 Å². The summed E-state index contributed by atoms with van der Waals surface area (Å²) in [6.07, 6.45) is 2.48. The van der Waals surface area contributed by atoms with Gasteiger partial charge in [-0.2, -0.15) is 0 Å². The van der Waals surface area contributed by atoms with E-state index < -0.39 is 15.7 Å². The van der Waals surface area contributed by atoms with E-state index in [1.165, 1.54) is 17.0 Å². The van der Waals surface area contributed by atoms with Gasteiger partial charge in [0, 0.05) is 36.9 Å². The second-order valence-electron chi connectivity index (χ2n) is 5.39. The molecule has 0 saturated heterocycles. The molecule has 0 radical (unpaired) electrons. The van der Waals surface area contributed by atoms with Gasteiger partial charge in [-0.25, -0.2) is 8.42 Å². The van der Waals surface area contributed by atoms with E-state index in [1.807, 2.05) is 31.2 Å². The van der Waals surface area contributed by atoms with Gasteiger partial charge in [-0.3, -0.25) is 4.79 Å². The number of hydrogen-bond donors (Lipinski definition) is 0. The summed E-state index contributed by atoms with van der Waals surface area (Å²) in [6, 6.07) is 8.88. The minimum absolute atomic E-state index is 0.0663. The number of sulfone groups is 1. The van der Waals surface area contributed by atoms with Gasteiger partial charge in [0.15, 0.2) is 9.84 Å². The molecule has 2 aromatic rings. The van der Waals surface area contributed by atoms with E-state index in [1.54, 1.807) is 7.05 Å². The molecule has 0 unspecified atom stereocenters. The molecule has 0 spiro atoms. The van der Waals surface area contributed by atoms with E-state index in [0.29, 0.717) is 18.1 Å². The largest absolute Gasteiger partial charge is 0.493 e. The Bertz CT molecular complexity index is 871. The lowest BCUT2D eigenvalue weighted by Crippen LogP contribution is -2.26. The van der Waals surface area contributed by atoms with Gasteiger partial charge in [-0.05, 0) is 19.1 Å².